The molecule has 0 fully saturated rings. The Bertz CT molecular complexity index is 309. The van der Waals surface area contributed by atoms with Gasteiger partial charge in [-0.15, -0.1) is 13.2 Å². The molecular formula is C14H25NO4. The summed E-state index contributed by atoms with van der Waals surface area (Å²) in [4.78, 5) is 13.5. The van der Waals surface area contributed by atoms with Crippen LogP contribution < -0.4 is 0 Å². The molecule has 0 aromatic heterocycles. The first-order valence-electron chi connectivity index (χ1n) is 6.27. The van der Waals surface area contributed by atoms with E-state index in [1.807, 2.05) is 0 Å². The second-order valence-electron chi connectivity index (χ2n) is 5.26. The van der Waals surface area contributed by atoms with Gasteiger partial charge in [0, 0.05) is 6.54 Å². The highest BCUT2D eigenvalue weighted by molar-refractivity contribution is 5.69. The van der Waals surface area contributed by atoms with Crippen molar-refractivity contribution < 1.29 is 19.7 Å². The fourth-order valence-electron chi connectivity index (χ4n) is 1.59. The van der Waals surface area contributed by atoms with Gasteiger partial charge < -0.3 is 14.9 Å². The van der Waals surface area contributed by atoms with E-state index in [9.17, 15) is 9.90 Å². The van der Waals surface area contributed by atoms with Crippen LogP contribution in [-0.2, 0) is 4.74 Å². The van der Waals surface area contributed by atoms with Gasteiger partial charge in [-0.05, 0) is 27.2 Å². The molecule has 0 radical (unpaired) electrons. The van der Waals surface area contributed by atoms with E-state index in [0.29, 0.717) is 6.42 Å². The summed E-state index contributed by atoms with van der Waals surface area (Å²) >= 11 is 0. The Hall–Kier alpha value is -1.33. The molecule has 5 nitrogen and oxygen atoms in total. The van der Waals surface area contributed by atoms with Crippen molar-refractivity contribution in [1.29, 1.82) is 0 Å². The predicted molar refractivity (Wildman–Crippen MR) is 74.8 cm³/mol. The molecule has 0 heterocycles. The quantitative estimate of drug-likeness (QED) is 0.692. The minimum Gasteiger partial charge on any atom is -0.444 e. The molecule has 110 valence electrons. The second kappa shape index (κ2) is 7.96. The van der Waals surface area contributed by atoms with Crippen LogP contribution in [0.25, 0.3) is 0 Å². The van der Waals surface area contributed by atoms with Crippen molar-refractivity contribution in [3.63, 3.8) is 0 Å². The molecule has 0 aliphatic carbocycles. The molecule has 0 aliphatic rings. The number of rotatable bonds is 7. The van der Waals surface area contributed by atoms with Crippen molar-refractivity contribution >= 4 is 6.09 Å². The van der Waals surface area contributed by atoms with E-state index in [2.05, 4.69) is 13.2 Å². The van der Waals surface area contributed by atoms with Gasteiger partial charge in [-0.1, -0.05) is 12.2 Å². The Morgan fingerprint density at radius 1 is 1.37 bits per heavy atom. The third kappa shape index (κ3) is 6.40. The van der Waals surface area contributed by atoms with Crippen LogP contribution in [0.4, 0.5) is 4.79 Å². The maximum Gasteiger partial charge on any atom is 0.410 e. The zero-order valence-electron chi connectivity index (χ0n) is 12.0. The zero-order chi connectivity index (χ0) is 15.1. The van der Waals surface area contributed by atoms with E-state index in [1.165, 1.54) is 4.90 Å². The Balaban J connectivity index is 5.06. The van der Waals surface area contributed by atoms with Crippen LogP contribution in [0.1, 0.15) is 27.2 Å². The SMILES string of the molecule is C=CC[C@H]([C@H](O)CO)N(CC=C)C(=O)OC(C)(C)C. The Morgan fingerprint density at radius 2 is 1.95 bits per heavy atom. The lowest BCUT2D eigenvalue weighted by molar-refractivity contribution is -0.0143. The van der Waals surface area contributed by atoms with E-state index in [0.717, 1.165) is 0 Å². The van der Waals surface area contributed by atoms with Crippen molar-refractivity contribution in [2.75, 3.05) is 13.2 Å². The third-order valence-corrected chi connectivity index (χ3v) is 2.39. The number of hydrogen-bond donors (Lipinski definition) is 2. The molecule has 0 aromatic carbocycles. The monoisotopic (exact) mass is 271 g/mol. The lowest BCUT2D eigenvalue weighted by Crippen LogP contribution is -2.49. The van der Waals surface area contributed by atoms with Crippen LogP contribution in [0.2, 0.25) is 0 Å². The Labute approximate surface area is 115 Å². The lowest BCUT2D eigenvalue weighted by Gasteiger charge is -2.34. The first-order chi connectivity index (χ1) is 8.76. The number of aliphatic hydroxyl groups is 2. The van der Waals surface area contributed by atoms with E-state index >= 15 is 0 Å². The van der Waals surface area contributed by atoms with Gasteiger partial charge in [0.05, 0.1) is 18.8 Å². The molecule has 2 N–H and O–H groups in total. The number of aliphatic hydroxyl groups excluding tert-OH is 2. The minimum atomic E-state index is -1.05. The zero-order valence-corrected chi connectivity index (χ0v) is 12.0. The van der Waals surface area contributed by atoms with Gasteiger partial charge in [-0.25, -0.2) is 4.79 Å². The van der Waals surface area contributed by atoms with Crippen LogP contribution in [0.5, 0.6) is 0 Å². The summed E-state index contributed by atoms with van der Waals surface area (Å²) in [6, 6.07) is -0.588. The number of hydrogen-bond acceptors (Lipinski definition) is 4. The molecule has 1 amide bonds. The average Bonchev–Trinajstić information content (AvgIpc) is 2.30. The first kappa shape index (κ1) is 17.7. The molecular weight excluding hydrogens is 246 g/mol. The smallest absolute Gasteiger partial charge is 0.410 e. The lowest BCUT2D eigenvalue weighted by atomic mass is 10.1. The summed E-state index contributed by atoms with van der Waals surface area (Å²) < 4.78 is 5.29. The largest absolute Gasteiger partial charge is 0.444 e. The molecule has 19 heavy (non-hydrogen) atoms. The second-order valence-corrected chi connectivity index (χ2v) is 5.26. The van der Waals surface area contributed by atoms with Gasteiger partial charge in [0.1, 0.15) is 5.60 Å². The fraction of sp³-hybridized carbons (Fsp3) is 0.643. The molecule has 0 saturated heterocycles. The third-order valence-electron chi connectivity index (χ3n) is 2.39. The summed E-state index contributed by atoms with van der Waals surface area (Å²) in [5, 5.41) is 18.9. The molecule has 0 aromatic rings. The molecule has 0 saturated carbocycles. The molecule has 0 unspecified atom stereocenters. The minimum absolute atomic E-state index is 0.227. The van der Waals surface area contributed by atoms with Crippen molar-refractivity contribution in [2.45, 2.75) is 44.9 Å². The van der Waals surface area contributed by atoms with Crippen LogP contribution in [0.3, 0.4) is 0 Å². The van der Waals surface area contributed by atoms with Crippen molar-refractivity contribution in [1.82, 2.24) is 4.90 Å². The van der Waals surface area contributed by atoms with E-state index in [1.54, 1.807) is 32.9 Å². The maximum absolute atomic E-state index is 12.1. The highest BCUT2D eigenvalue weighted by atomic mass is 16.6. The standard InChI is InChI=1S/C14H25NO4/c1-6-8-11(12(17)10-16)15(9-7-2)13(18)19-14(3,4)5/h6-7,11-12,16-17H,1-2,8-10H2,3-5H3/t11-,12-/m1/s1. The molecule has 0 rings (SSSR count). The fourth-order valence-corrected chi connectivity index (χ4v) is 1.59. The van der Waals surface area contributed by atoms with Gasteiger partial charge >= 0.3 is 6.09 Å². The maximum atomic E-state index is 12.1. The number of ether oxygens (including phenoxy) is 1. The summed E-state index contributed by atoms with van der Waals surface area (Å²) in [5.74, 6) is 0. The van der Waals surface area contributed by atoms with E-state index in [4.69, 9.17) is 9.84 Å². The van der Waals surface area contributed by atoms with Gasteiger partial charge in [0.25, 0.3) is 0 Å². The highest BCUT2D eigenvalue weighted by Crippen LogP contribution is 2.16. The van der Waals surface area contributed by atoms with E-state index in [-0.39, 0.29) is 6.54 Å². The normalized spacial score (nSPS) is 14.4. The summed E-state index contributed by atoms with van der Waals surface area (Å²) in [7, 11) is 0. The number of carbonyl (C=O) groups excluding carboxylic acids is 1. The topological polar surface area (TPSA) is 70.0 Å². The van der Waals surface area contributed by atoms with Crippen LogP contribution >= 0.6 is 0 Å². The van der Waals surface area contributed by atoms with Crippen LogP contribution in [-0.4, -0.2) is 52.1 Å². The van der Waals surface area contributed by atoms with Crippen molar-refractivity contribution in [3.05, 3.63) is 25.3 Å². The molecule has 5 heteroatoms. The van der Waals surface area contributed by atoms with Crippen LogP contribution in [0, 0.1) is 0 Å². The van der Waals surface area contributed by atoms with Gasteiger partial charge in [-0.3, -0.25) is 4.90 Å². The summed E-state index contributed by atoms with van der Waals surface area (Å²) in [5.41, 5.74) is -0.626. The highest BCUT2D eigenvalue weighted by Gasteiger charge is 2.31. The van der Waals surface area contributed by atoms with Gasteiger partial charge in [0.2, 0.25) is 0 Å². The van der Waals surface area contributed by atoms with Crippen molar-refractivity contribution in [2.24, 2.45) is 0 Å². The Morgan fingerprint density at radius 3 is 2.32 bits per heavy atom. The Kier molecular flexibility index (Phi) is 7.41. The summed E-state index contributed by atoms with van der Waals surface area (Å²) in [6.45, 7) is 12.3. The summed E-state index contributed by atoms with van der Waals surface area (Å²) in [6.07, 6.45) is 1.89. The molecule has 2 atom stereocenters. The molecule has 0 aliphatic heterocycles. The average molecular weight is 271 g/mol. The molecule has 0 spiro atoms. The number of nitrogens with zero attached hydrogens (tertiary/aromatic N) is 1. The van der Waals surface area contributed by atoms with Gasteiger partial charge in [0.15, 0.2) is 0 Å². The van der Waals surface area contributed by atoms with Crippen molar-refractivity contribution in [3.8, 4) is 0 Å². The van der Waals surface area contributed by atoms with Crippen LogP contribution in [0.15, 0.2) is 25.3 Å². The first-order valence-corrected chi connectivity index (χ1v) is 6.27. The number of carbonyl (C=O) groups is 1. The molecule has 0 bridgehead atoms. The van der Waals surface area contributed by atoms with E-state index < -0.39 is 30.4 Å². The predicted octanol–water partition coefficient (Wildman–Crippen LogP) is 1.71. The van der Waals surface area contributed by atoms with Gasteiger partial charge in [-0.2, -0.15) is 0 Å². The number of amides is 1.